The normalized spacial score (nSPS) is 23.0. The van der Waals surface area contributed by atoms with Crippen molar-refractivity contribution < 1.29 is 22.4 Å². The Balaban J connectivity index is 1.15. The van der Waals surface area contributed by atoms with E-state index in [0.29, 0.717) is 31.6 Å². The summed E-state index contributed by atoms with van der Waals surface area (Å²) in [5.41, 5.74) is 0.937. The fourth-order valence-corrected chi connectivity index (χ4v) is 4.52. The summed E-state index contributed by atoms with van der Waals surface area (Å²) in [6, 6.07) is 10.7. The van der Waals surface area contributed by atoms with Crippen LogP contribution in [0.3, 0.4) is 0 Å². The van der Waals surface area contributed by atoms with Crippen LogP contribution in [0.4, 0.5) is 23.2 Å². The number of hydrogen-bond donors (Lipinski definition) is 2. The molecule has 5 rings (SSSR count). The maximum atomic E-state index is 13.5. The fraction of sp³-hybridized carbons (Fsp3) is 0.391. The molecule has 32 heavy (non-hydrogen) atoms. The maximum Gasteiger partial charge on any atom is 0.419 e. The van der Waals surface area contributed by atoms with Gasteiger partial charge in [0.2, 0.25) is 5.91 Å². The number of fused-ring (bicyclic) bond motifs is 1. The van der Waals surface area contributed by atoms with Gasteiger partial charge in [0.15, 0.2) is 0 Å². The van der Waals surface area contributed by atoms with E-state index in [9.17, 15) is 22.4 Å². The smallest absolute Gasteiger partial charge is 0.369 e. The number of H-pyrrole nitrogens is 1. The van der Waals surface area contributed by atoms with Crippen molar-refractivity contribution in [3.8, 4) is 0 Å². The molecule has 1 saturated carbocycles. The summed E-state index contributed by atoms with van der Waals surface area (Å²) in [5, 5.41) is 3.00. The SMILES string of the molecule is O=C(C[C@@H]1C[C@@H]1c1nc2ccccc2[nH]1)N[C@@H]1CCN(c2ccc(F)c(C(F)(F)F)c2)C1. The van der Waals surface area contributed by atoms with E-state index in [4.69, 9.17) is 0 Å². The molecule has 1 amide bonds. The Bertz CT molecular complexity index is 1130. The molecule has 9 heteroatoms. The number of amides is 1. The predicted octanol–water partition coefficient (Wildman–Crippen LogP) is 4.61. The number of halogens is 4. The summed E-state index contributed by atoms with van der Waals surface area (Å²) >= 11 is 0. The molecule has 0 bridgehead atoms. The lowest BCUT2D eigenvalue weighted by Gasteiger charge is -2.20. The zero-order chi connectivity index (χ0) is 22.5. The third-order valence-electron chi connectivity index (χ3n) is 6.30. The number of carbonyl (C=O) groups excluding carboxylic acids is 1. The first-order chi connectivity index (χ1) is 15.3. The van der Waals surface area contributed by atoms with E-state index < -0.39 is 17.6 Å². The molecule has 2 fully saturated rings. The summed E-state index contributed by atoms with van der Waals surface area (Å²) in [5.74, 6) is 0.0462. The van der Waals surface area contributed by atoms with Crippen molar-refractivity contribution in [2.75, 3.05) is 18.0 Å². The van der Waals surface area contributed by atoms with Crippen LogP contribution < -0.4 is 10.2 Å². The van der Waals surface area contributed by atoms with Crippen molar-refractivity contribution in [1.82, 2.24) is 15.3 Å². The molecule has 2 aliphatic rings. The molecule has 0 radical (unpaired) electrons. The van der Waals surface area contributed by atoms with Crippen LogP contribution >= 0.6 is 0 Å². The van der Waals surface area contributed by atoms with Gasteiger partial charge >= 0.3 is 6.18 Å². The first kappa shape index (κ1) is 20.8. The van der Waals surface area contributed by atoms with Gasteiger partial charge in [-0.2, -0.15) is 13.2 Å². The molecule has 3 atom stereocenters. The molecule has 0 unspecified atom stereocenters. The molecule has 1 aliphatic heterocycles. The van der Waals surface area contributed by atoms with Gasteiger partial charge < -0.3 is 15.2 Å². The van der Waals surface area contributed by atoms with Gasteiger partial charge in [-0.05, 0) is 49.1 Å². The number of imidazole rings is 1. The van der Waals surface area contributed by atoms with Crippen molar-refractivity contribution in [3.63, 3.8) is 0 Å². The Hall–Kier alpha value is -3.10. The molecular weight excluding hydrogens is 424 g/mol. The van der Waals surface area contributed by atoms with Gasteiger partial charge in [0.05, 0.1) is 16.6 Å². The average molecular weight is 446 g/mol. The number of alkyl halides is 3. The molecule has 3 aromatic rings. The van der Waals surface area contributed by atoms with Crippen LogP contribution in [0.1, 0.15) is 36.6 Å². The van der Waals surface area contributed by atoms with E-state index in [-0.39, 0.29) is 23.8 Å². The predicted molar refractivity (Wildman–Crippen MR) is 112 cm³/mol. The number of nitrogens with zero attached hydrogens (tertiary/aromatic N) is 2. The van der Waals surface area contributed by atoms with E-state index in [0.717, 1.165) is 35.4 Å². The highest BCUT2D eigenvalue weighted by molar-refractivity contribution is 5.78. The molecule has 1 aromatic heterocycles. The lowest BCUT2D eigenvalue weighted by Crippen LogP contribution is -2.37. The average Bonchev–Trinajstić information content (AvgIpc) is 3.14. The third kappa shape index (κ3) is 4.16. The van der Waals surface area contributed by atoms with Gasteiger partial charge in [-0.3, -0.25) is 4.79 Å². The van der Waals surface area contributed by atoms with E-state index >= 15 is 0 Å². The van der Waals surface area contributed by atoms with Crippen LogP contribution in [0.15, 0.2) is 42.5 Å². The molecule has 168 valence electrons. The molecular formula is C23H22F4N4O. The molecule has 2 aromatic carbocycles. The summed E-state index contributed by atoms with van der Waals surface area (Å²) in [4.78, 5) is 22.2. The molecule has 1 saturated heterocycles. The fourth-order valence-electron chi connectivity index (χ4n) is 4.52. The summed E-state index contributed by atoms with van der Waals surface area (Å²) in [6.07, 6.45) is -2.82. The van der Waals surface area contributed by atoms with E-state index in [1.165, 1.54) is 6.07 Å². The maximum absolute atomic E-state index is 13.5. The van der Waals surface area contributed by atoms with E-state index in [1.807, 2.05) is 24.3 Å². The van der Waals surface area contributed by atoms with Crippen molar-refractivity contribution in [2.45, 2.75) is 37.4 Å². The second kappa shape index (κ2) is 7.79. The Morgan fingerprint density at radius 1 is 1.22 bits per heavy atom. The van der Waals surface area contributed by atoms with Crippen LogP contribution in [0.2, 0.25) is 0 Å². The first-order valence-corrected chi connectivity index (χ1v) is 10.6. The number of hydrogen-bond acceptors (Lipinski definition) is 3. The van der Waals surface area contributed by atoms with Gasteiger partial charge in [0.25, 0.3) is 0 Å². The highest BCUT2D eigenvalue weighted by atomic mass is 19.4. The van der Waals surface area contributed by atoms with Crippen molar-refractivity contribution in [3.05, 3.63) is 59.7 Å². The zero-order valence-electron chi connectivity index (χ0n) is 17.1. The third-order valence-corrected chi connectivity index (χ3v) is 6.30. The summed E-state index contributed by atoms with van der Waals surface area (Å²) in [6.45, 7) is 0.894. The van der Waals surface area contributed by atoms with Gasteiger partial charge in [0.1, 0.15) is 11.6 Å². The topological polar surface area (TPSA) is 61.0 Å². The highest BCUT2D eigenvalue weighted by Crippen LogP contribution is 2.48. The quantitative estimate of drug-likeness (QED) is 0.563. The molecule has 2 heterocycles. The molecule has 2 N–H and O–H groups in total. The first-order valence-electron chi connectivity index (χ1n) is 10.6. The highest BCUT2D eigenvalue weighted by Gasteiger charge is 2.42. The van der Waals surface area contributed by atoms with Gasteiger partial charge in [-0.25, -0.2) is 9.37 Å². The van der Waals surface area contributed by atoms with E-state index in [2.05, 4.69) is 15.3 Å². The lowest BCUT2D eigenvalue weighted by atomic mass is 10.1. The summed E-state index contributed by atoms with van der Waals surface area (Å²) in [7, 11) is 0. The number of benzene rings is 2. The van der Waals surface area contributed by atoms with Crippen LogP contribution in [0.5, 0.6) is 0 Å². The van der Waals surface area contributed by atoms with Gasteiger partial charge in [-0.1, -0.05) is 12.1 Å². The summed E-state index contributed by atoms with van der Waals surface area (Å²) < 4.78 is 52.5. The van der Waals surface area contributed by atoms with Crippen molar-refractivity contribution in [1.29, 1.82) is 0 Å². The Kier molecular flexibility index (Phi) is 5.06. The van der Waals surface area contributed by atoms with Crippen LogP contribution in [0, 0.1) is 11.7 Å². The number of para-hydroxylation sites is 2. The zero-order valence-corrected chi connectivity index (χ0v) is 17.1. The van der Waals surface area contributed by atoms with Crippen LogP contribution in [-0.4, -0.2) is 35.0 Å². The van der Waals surface area contributed by atoms with E-state index in [1.54, 1.807) is 4.90 Å². The number of rotatable bonds is 5. The Morgan fingerprint density at radius 3 is 2.81 bits per heavy atom. The Morgan fingerprint density at radius 2 is 2.03 bits per heavy atom. The Labute approximate surface area is 181 Å². The molecule has 0 spiro atoms. The monoisotopic (exact) mass is 446 g/mol. The standard InChI is InChI=1S/C23H22F4N4O/c24-18-6-5-15(11-17(18)23(25,26)27)31-8-7-14(12-31)28-21(32)10-13-9-16(13)22-29-19-3-1-2-4-20(19)30-22/h1-6,11,13-14,16H,7-10,12H2,(H,28,32)(H,29,30)/t13-,14+,16-/m0/s1. The van der Waals surface area contributed by atoms with Gasteiger partial charge in [0, 0.05) is 37.2 Å². The van der Waals surface area contributed by atoms with Crippen molar-refractivity contribution >= 4 is 22.6 Å². The number of carbonyl (C=O) groups is 1. The number of nitrogens with one attached hydrogen (secondary N) is 2. The molecule has 1 aliphatic carbocycles. The van der Waals surface area contributed by atoms with Crippen molar-refractivity contribution in [2.24, 2.45) is 5.92 Å². The number of anilines is 1. The number of aromatic amines is 1. The van der Waals surface area contributed by atoms with Crippen LogP contribution in [0.25, 0.3) is 11.0 Å². The second-order valence-corrected chi connectivity index (χ2v) is 8.61. The minimum atomic E-state index is -4.74. The lowest BCUT2D eigenvalue weighted by molar-refractivity contribution is -0.140. The van der Waals surface area contributed by atoms with Crippen LogP contribution in [-0.2, 0) is 11.0 Å². The van der Waals surface area contributed by atoms with Gasteiger partial charge in [-0.15, -0.1) is 0 Å². The molecule has 5 nitrogen and oxygen atoms in total. The largest absolute Gasteiger partial charge is 0.419 e. The second-order valence-electron chi connectivity index (χ2n) is 8.61. The minimum absolute atomic E-state index is 0.0597. The minimum Gasteiger partial charge on any atom is -0.369 e. The number of aromatic nitrogens is 2.